The maximum atomic E-state index is 10.7. The SMILES string of the molecule is COC(=O)OC/C=C/B1OC(C)(C)C(C)(C)O1. The maximum Gasteiger partial charge on any atom is 0.508 e. The van der Waals surface area contributed by atoms with Gasteiger partial charge in [-0.25, -0.2) is 4.79 Å². The van der Waals surface area contributed by atoms with Gasteiger partial charge in [-0.3, -0.25) is 0 Å². The summed E-state index contributed by atoms with van der Waals surface area (Å²) >= 11 is 0. The van der Waals surface area contributed by atoms with Crippen LogP contribution in [0.5, 0.6) is 0 Å². The molecule has 17 heavy (non-hydrogen) atoms. The molecule has 1 aliphatic heterocycles. The summed E-state index contributed by atoms with van der Waals surface area (Å²) in [7, 11) is 0.849. The highest BCUT2D eigenvalue weighted by Gasteiger charge is 2.49. The van der Waals surface area contributed by atoms with E-state index in [4.69, 9.17) is 14.0 Å². The Bertz CT molecular complexity index is 295. The van der Waals surface area contributed by atoms with E-state index in [1.54, 1.807) is 12.1 Å². The minimum atomic E-state index is -0.705. The fraction of sp³-hybridized carbons (Fsp3) is 0.727. The second kappa shape index (κ2) is 5.10. The van der Waals surface area contributed by atoms with Crippen LogP contribution in [0.1, 0.15) is 27.7 Å². The molecule has 0 unspecified atom stereocenters. The van der Waals surface area contributed by atoms with Crippen molar-refractivity contribution in [2.45, 2.75) is 38.9 Å². The van der Waals surface area contributed by atoms with Crippen LogP contribution in [0, 0.1) is 0 Å². The standard InChI is InChI=1S/C11H19BO5/c1-10(2)11(3,4)17-12(16-10)7-6-8-15-9(13)14-5/h6-7H,8H2,1-5H3/b7-6+. The number of hydrogen-bond donors (Lipinski definition) is 0. The quantitative estimate of drug-likeness (QED) is 0.559. The van der Waals surface area contributed by atoms with Crippen molar-refractivity contribution in [1.82, 2.24) is 0 Å². The van der Waals surface area contributed by atoms with Crippen LogP contribution in [-0.2, 0) is 18.8 Å². The lowest BCUT2D eigenvalue weighted by molar-refractivity contribution is 0.00578. The van der Waals surface area contributed by atoms with Gasteiger partial charge in [-0.15, -0.1) is 0 Å². The highest BCUT2D eigenvalue weighted by atomic mass is 16.7. The first-order valence-corrected chi connectivity index (χ1v) is 5.51. The van der Waals surface area contributed by atoms with Crippen LogP contribution < -0.4 is 0 Å². The number of ether oxygens (including phenoxy) is 2. The van der Waals surface area contributed by atoms with E-state index in [2.05, 4.69) is 4.74 Å². The summed E-state index contributed by atoms with van der Waals surface area (Å²) in [5, 5.41) is 0. The molecular weight excluding hydrogens is 223 g/mol. The van der Waals surface area contributed by atoms with Crippen molar-refractivity contribution in [2.24, 2.45) is 0 Å². The van der Waals surface area contributed by atoms with Crippen LogP contribution >= 0.6 is 0 Å². The van der Waals surface area contributed by atoms with Gasteiger partial charge >= 0.3 is 13.3 Å². The van der Waals surface area contributed by atoms with Gasteiger partial charge < -0.3 is 18.8 Å². The molecule has 1 fully saturated rings. The fourth-order valence-electron chi connectivity index (χ4n) is 1.31. The molecule has 0 aromatic carbocycles. The number of hydrogen-bond acceptors (Lipinski definition) is 5. The zero-order valence-corrected chi connectivity index (χ0v) is 11.0. The molecule has 0 atom stereocenters. The van der Waals surface area contributed by atoms with Crippen LogP contribution in [0.4, 0.5) is 4.79 Å². The van der Waals surface area contributed by atoms with E-state index in [1.165, 1.54) is 7.11 Å². The molecule has 0 aromatic rings. The molecule has 1 saturated heterocycles. The van der Waals surface area contributed by atoms with Crippen LogP contribution in [-0.4, -0.2) is 38.2 Å². The molecule has 0 radical (unpaired) electrons. The molecule has 0 bridgehead atoms. The topological polar surface area (TPSA) is 54.0 Å². The number of methoxy groups -OCH3 is 1. The first-order valence-electron chi connectivity index (χ1n) is 5.51. The predicted octanol–water partition coefficient (Wildman–Crippen LogP) is 1.96. The van der Waals surface area contributed by atoms with Gasteiger partial charge in [0.05, 0.1) is 18.3 Å². The van der Waals surface area contributed by atoms with E-state index < -0.39 is 13.3 Å². The number of rotatable bonds is 3. The summed E-state index contributed by atoms with van der Waals surface area (Å²) in [5.74, 6) is 1.72. The average molecular weight is 242 g/mol. The lowest BCUT2D eigenvalue weighted by Gasteiger charge is -2.32. The van der Waals surface area contributed by atoms with Gasteiger partial charge in [-0.1, -0.05) is 12.1 Å². The van der Waals surface area contributed by atoms with Crippen molar-refractivity contribution in [3.05, 3.63) is 12.1 Å². The van der Waals surface area contributed by atoms with Crippen molar-refractivity contribution in [1.29, 1.82) is 0 Å². The normalized spacial score (nSPS) is 21.8. The fourth-order valence-corrected chi connectivity index (χ4v) is 1.31. The molecule has 0 N–H and O–H groups in total. The van der Waals surface area contributed by atoms with Crippen LogP contribution in [0.15, 0.2) is 12.1 Å². The molecule has 96 valence electrons. The van der Waals surface area contributed by atoms with E-state index in [0.717, 1.165) is 0 Å². The Kier molecular flexibility index (Phi) is 4.22. The Morgan fingerprint density at radius 1 is 1.24 bits per heavy atom. The third-order valence-corrected chi connectivity index (χ3v) is 3.03. The van der Waals surface area contributed by atoms with Gasteiger partial charge in [0.1, 0.15) is 6.61 Å². The van der Waals surface area contributed by atoms with Crippen molar-refractivity contribution in [3.8, 4) is 0 Å². The van der Waals surface area contributed by atoms with Crippen molar-refractivity contribution in [3.63, 3.8) is 0 Å². The summed E-state index contributed by atoms with van der Waals surface area (Å²) in [6.07, 6.45) is 0.961. The monoisotopic (exact) mass is 242 g/mol. The Hall–Kier alpha value is -1.01. The zero-order valence-electron chi connectivity index (χ0n) is 11.0. The van der Waals surface area contributed by atoms with Gasteiger partial charge in [0.2, 0.25) is 0 Å². The summed E-state index contributed by atoms with van der Waals surface area (Å²) in [6, 6.07) is 0. The second-order valence-electron chi connectivity index (χ2n) is 4.82. The lowest BCUT2D eigenvalue weighted by Crippen LogP contribution is -2.41. The molecule has 1 rings (SSSR count). The molecule has 1 aliphatic rings. The minimum absolute atomic E-state index is 0.136. The molecule has 0 amide bonds. The molecule has 1 heterocycles. The average Bonchev–Trinajstić information content (AvgIpc) is 2.42. The molecule has 0 aliphatic carbocycles. The zero-order chi connectivity index (χ0) is 13.1. The van der Waals surface area contributed by atoms with E-state index in [9.17, 15) is 4.79 Å². The maximum absolute atomic E-state index is 10.7. The van der Waals surface area contributed by atoms with Crippen molar-refractivity contribution >= 4 is 13.3 Å². The highest BCUT2D eigenvalue weighted by Crippen LogP contribution is 2.36. The Morgan fingerprint density at radius 2 is 1.76 bits per heavy atom. The number of carbonyl (C=O) groups is 1. The lowest BCUT2D eigenvalue weighted by atomic mass is 9.90. The van der Waals surface area contributed by atoms with Crippen molar-refractivity contribution < 1.29 is 23.6 Å². The Balaban J connectivity index is 2.40. The van der Waals surface area contributed by atoms with Gasteiger partial charge in [0, 0.05) is 0 Å². The van der Waals surface area contributed by atoms with E-state index in [0.29, 0.717) is 0 Å². The first-order chi connectivity index (χ1) is 7.78. The minimum Gasteiger partial charge on any atom is -0.438 e. The summed E-state index contributed by atoms with van der Waals surface area (Å²) in [4.78, 5) is 10.7. The van der Waals surface area contributed by atoms with Crippen LogP contribution in [0.2, 0.25) is 0 Å². The van der Waals surface area contributed by atoms with Gasteiger partial charge in [0.25, 0.3) is 0 Å². The van der Waals surface area contributed by atoms with Gasteiger partial charge in [-0.05, 0) is 27.7 Å². The van der Waals surface area contributed by atoms with Gasteiger partial charge in [0.15, 0.2) is 0 Å². The first kappa shape index (κ1) is 14.1. The van der Waals surface area contributed by atoms with Crippen LogP contribution in [0.3, 0.4) is 0 Å². The molecular formula is C11H19BO5. The molecule has 0 aromatic heterocycles. The molecule has 5 nitrogen and oxygen atoms in total. The van der Waals surface area contributed by atoms with E-state index in [-0.39, 0.29) is 17.8 Å². The van der Waals surface area contributed by atoms with E-state index >= 15 is 0 Å². The number of carbonyl (C=O) groups excluding carboxylic acids is 1. The third kappa shape index (κ3) is 3.47. The van der Waals surface area contributed by atoms with Gasteiger partial charge in [-0.2, -0.15) is 0 Å². The summed E-state index contributed by atoms with van der Waals surface area (Å²) in [5.41, 5.74) is -0.712. The largest absolute Gasteiger partial charge is 0.508 e. The molecule has 0 saturated carbocycles. The van der Waals surface area contributed by atoms with E-state index in [1.807, 2.05) is 27.7 Å². The Labute approximate surface area is 102 Å². The predicted molar refractivity (Wildman–Crippen MR) is 63.6 cm³/mol. The second-order valence-corrected chi connectivity index (χ2v) is 4.82. The summed E-state index contributed by atoms with van der Waals surface area (Å²) in [6.45, 7) is 8.05. The smallest absolute Gasteiger partial charge is 0.438 e. The Morgan fingerprint density at radius 3 is 2.24 bits per heavy atom. The summed E-state index contributed by atoms with van der Waals surface area (Å²) < 4.78 is 20.5. The highest BCUT2D eigenvalue weighted by molar-refractivity contribution is 6.51. The molecule has 0 spiro atoms. The van der Waals surface area contributed by atoms with Crippen LogP contribution in [0.25, 0.3) is 0 Å². The molecule has 6 heteroatoms. The van der Waals surface area contributed by atoms with Crippen molar-refractivity contribution in [2.75, 3.05) is 13.7 Å². The third-order valence-electron chi connectivity index (χ3n) is 3.03.